The second-order valence-corrected chi connectivity index (χ2v) is 4.37. The van der Waals surface area contributed by atoms with E-state index in [0.717, 1.165) is 12.8 Å². The Morgan fingerprint density at radius 3 is 2.40 bits per heavy atom. The highest BCUT2D eigenvalue weighted by Gasteiger charge is 2.41. The summed E-state index contributed by atoms with van der Waals surface area (Å²) in [6.45, 7) is 0.842. The van der Waals surface area contributed by atoms with E-state index in [1.165, 1.54) is 11.1 Å². The Morgan fingerprint density at radius 2 is 1.87 bits per heavy atom. The van der Waals surface area contributed by atoms with Crippen molar-refractivity contribution in [3.05, 3.63) is 35.4 Å². The monoisotopic (exact) mass is 203 g/mol. The van der Waals surface area contributed by atoms with Crippen molar-refractivity contribution < 1.29 is 9.53 Å². The van der Waals surface area contributed by atoms with Crippen LogP contribution in [0, 0.1) is 0 Å². The largest absolute Gasteiger partial charge is 0.363 e. The summed E-state index contributed by atoms with van der Waals surface area (Å²) >= 11 is 0. The van der Waals surface area contributed by atoms with Crippen molar-refractivity contribution >= 4 is 5.91 Å². The second-order valence-electron chi connectivity index (χ2n) is 4.37. The van der Waals surface area contributed by atoms with Crippen LogP contribution in [-0.2, 0) is 22.4 Å². The first-order valence-electron chi connectivity index (χ1n) is 5.25. The summed E-state index contributed by atoms with van der Waals surface area (Å²) in [4.78, 5) is 11.0. The number of benzene rings is 1. The van der Waals surface area contributed by atoms with Crippen LogP contribution in [0.2, 0.25) is 0 Å². The van der Waals surface area contributed by atoms with Gasteiger partial charge in [-0.3, -0.25) is 4.79 Å². The number of rotatable bonds is 0. The second kappa shape index (κ2) is 3.07. The number of amides is 1. The molecular weight excluding hydrogens is 190 g/mol. The molecule has 0 saturated carbocycles. The molecular formula is C12H13NO2. The van der Waals surface area contributed by atoms with Crippen LogP contribution in [0.25, 0.3) is 0 Å². The fourth-order valence-electron chi connectivity index (χ4n) is 2.47. The zero-order valence-electron chi connectivity index (χ0n) is 8.45. The van der Waals surface area contributed by atoms with Gasteiger partial charge in [-0.05, 0) is 11.1 Å². The molecule has 1 fully saturated rings. The molecule has 1 aliphatic heterocycles. The van der Waals surface area contributed by atoms with Crippen LogP contribution in [0.5, 0.6) is 0 Å². The predicted molar refractivity (Wildman–Crippen MR) is 55.5 cm³/mol. The lowest BCUT2D eigenvalue weighted by Gasteiger charge is -2.33. The van der Waals surface area contributed by atoms with E-state index >= 15 is 0 Å². The number of morpholine rings is 1. The minimum atomic E-state index is -0.169. The van der Waals surface area contributed by atoms with E-state index in [-0.39, 0.29) is 18.1 Å². The highest BCUT2D eigenvalue weighted by molar-refractivity contribution is 5.78. The van der Waals surface area contributed by atoms with Crippen LogP contribution < -0.4 is 5.32 Å². The molecule has 0 atom stereocenters. The maximum atomic E-state index is 11.0. The van der Waals surface area contributed by atoms with Gasteiger partial charge in [0, 0.05) is 19.4 Å². The van der Waals surface area contributed by atoms with E-state index in [1.807, 2.05) is 0 Å². The van der Waals surface area contributed by atoms with E-state index in [0.29, 0.717) is 6.54 Å². The van der Waals surface area contributed by atoms with E-state index in [4.69, 9.17) is 4.74 Å². The molecule has 3 heteroatoms. The van der Waals surface area contributed by atoms with Crippen molar-refractivity contribution in [1.29, 1.82) is 0 Å². The first kappa shape index (κ1) is 8.92. The molecule has 3 nitrogen and oxygen atoms in total. The molecule has 0 bridgehead atoms. The molecule has 3 rings (SSSR count). The Balaban J connectivity index is 1.86. The predicted octanol–water partition coefficient (Wildman–Crippen LogP) is 0.670. The molecule has 0 radical (unpaired) electrons. The molecule has 2 aliphatic rings. The van der Waals surface area contributed by atoms with Gasteiger partial charge in [-0.1, -0.05) is 24.3 Å². The normalized spacial score (nSPS) is 22.5. The lowest BCUT2D eigenvalue weighted by Crippen LogP contribution is -2.53. The smallest absolute Gasteiger partial charge is 0.246 e. The third kappa shape index (κ3) is 1.43. The van der Waals surface area contributed by atoms with Gasteiger partial charge in [-0.25, -0.2) is 0 Å². The Morgan fingerprint density at radius 1 is 1.20 bits per heavy atom. The fourth-order valence-corrected chi connectivity index (χ4v) is 2.47. The van der Waals surface area contributed by atoms with Crippen LogP contribution in [-0.4, -0.2) is 24.7 Å². The molecule has 1 spiro atoms. The van der Waals surface area contributed by atoms with Crippen molar-refractivity contribution in [2.45, 2.75) is 18.4 Å². The van der Waals surface area contributed by atoms with Crippen LogP contribution in [0.1, 0.15) is 11.1 Å². The van der Waals surface area contributed by atoms with Crippen molar-refractivity contribution in [1.82, 2.24) is 5.32 Å². The average molecular weight is 203 g/mol. The fraction of sp³-hybridized carbons (Fsp3) is 0.417. The molecule has 1 aromatic carbocycles. The maximum absolute atomic E-state index is 11.0. The molecule has 0 aromatic heterocycles. The van der Waals surface area contributed by atoms with Gasteiger partial charge in [0.1, 0.15) is 6.61 Å². The molecule has 15 heavy (non-hydrogen) atoms. The quantitative estimate of drug-likeness (QED) is 0.673. The number of carbonyl (C=O) groups excluding carboxylic acids is 1. The minimum absolute atomic E-state index is 0.00317. The number of fused-ring (bicyclic) bond motifs is 1. The van der Waals surface area contributed by atoms with Gasteiger partial charge in [-0.2, -0.15) is 0 Å². The number of ether oxygens (including phenoxy) is 1. The standard InChI is InChI=1S/C12H13NO2/c14-11-7-15-12(8-13-11)5-9-3-1-2-4-10(9)6-12/h1-4H,5-8H2,(H,13,14). The summed E-state index contributed by atoms with van der Waals surface area (Å²) in [6, 6.07) is 8.40. The van der Waals surface area contributed by atoms with Gasteiger partial charge in [0.15, 0.2) is 0 Å². The number of nitrogens with one attached hydrogen (secondary N) is 1. The lowest BCUT2D eigenvalue weighted by atomic mass is 9.99. The van der Waals surface area contributed by atoms with Crippen LogP contribution in [0.4, 0.5) is 0 Å². The van der Waals surface area contributed by atoms with Gasteiger partial charge in [-0.15, -0.1) is 0 Å². The summed E-state index contributed by atoms with van der Waals surface area (Å²) < 4.78 is 5.71. The molecule has 1 aromatic rings. The van der Waals surface area contributed by atoms with Gasteiger partial charge < -0.3 is 10.1 Å². The van der Waals surface area contributed by atoms with E-state index in [9.17, 15) is 4.79 Å². The summed E-state index contributed by atoms with van der Waals surface area (Å²) in [5, 5.41) is 2.89. The Bertz CT molecular complexity index is 377. The summed E-state index contributed by atoms with van der Waals surface area (Å²) in [6.07, 6.45) is 1.84. The van der Waals surface area contributed by atoms with Crippen molar-refractivity contribution in [3.8, 4) is 0 Å². The summed E-state index contributed by atoms with van der Waals surface area (Å²) in [7, 11) is 0. The van der Waals surface area contributed by atoms with E-state index < -0.39 is 0 Å². The molecule has 78 valence electrons. The van der Waals surface area contributed by atoms with E-state index in [2.05, 4.69) is 29.6 Å². The summed E-state index contributed by atoms with van der Waals surface area (Å²) in [5.41, 5.74) is 2.54. The molecule has 1 N–H and O–H groups in total. The molecule has 1 aliphatic carbocycles. The SMILES string of the molecule is O=C1COC2(CN1)Cc1ccccc1C2. The maximum Gasteiger partial charge on any atom is 0.246 e. The highest BCUT2D eigenvalue weighted by atomic mass is 16.5. The first-order valence-corrected chi connectivity index (χ1v) is 5.25. The van der Waals surface area contributed by atoms with Crippen LogP contribution >= 0.6 is 0 Å². The van der Waals surface area contributed by atoms with Gasteiger partial charge in [0.25, 0.3) is 0 Å². The number of hydrogen-bond donors (Lipinski definition) is 1. The van der Waals surface area contributed by atoms with Crippen molar-refractivity contribution in [2.75, 3.05) is 13.2 Å². The Labute approximate surface area is 88.4 Å². The lowest BCUT2D eigenvalue weighted by molar-refractivity contribution is -0.142. The average Bonchev–Trinajstić information content (AvgIpc) is 2.61. The minimum Gasteiger partial charge on any atom is -0.363 e. The third-order valence-electron chi connectivity index (χ3n) is 3.26. The van der Waals surface area contributed by atoms with E-state index in [1.54, 1.807) is 0 Å². The highest BCUT2D eigenvalue weighted by Crippen LogP contribution is 2.33. The third-order valence-corrected chi connectivity index (χ3v) is 3.26. The van der Waals surface area contributed by atoms with Crippen molar-refractivity contribution in [2.24, 2.45) is 0 Å². The van der Waals surface area contributed by atoms with Crippen LogP contribution in [0.15, 0.2) is 24.3 Å². The van der Waals surface area contributed by atoms with Crippen molar-refractivity contribution in [3.63, 3.8) is 0 Å². The Kier molecular flexibility index (Phi) is 1.83. The van der Waals surface area contributed by atoms with Gasteiger partial charge in [0.2, 0.25) is 5.91 Å². The zero-order valence-corrected chi connectivity index (χ0v) is 8.45. The summed E-state index contributed by atoms with van der Waals surface area (Å²) in [5.74, 6) is -0.00317. The Hall–Kier alpha value is -1.35. The number of carbonyl (C=O) groups is 1. The first-order chi connectivity index (χ1) is 7.27. The topological polar surface area (TPSA) is 38.3 Å². The molecule has 1 heterocycles. The van der Waals surface area contributed by atoms with Crippen LogP contribution in [0.3, 0.4) is 0 Å². The zero-order chi connectivity index (χ0) is 10.3. The number of hydrogen-bond acceptors (Lipinski definition) is 2. The van der Waals surface area contributed by atoms with Gasteiger partial charge in [0.05, 0.1) is 5.60 Å². The molecule has 0 unspecified atom stereocenters. The molecule has 1 amide bonds. The molecule has 1 saturated heterocycles. The van der Waals surface area contributed by atoms with Gasteiger partial charge >= 0.3 is 0 Å².